The number of para-hydroxylation sites is 1. The van der Waals surface area contributed by atoms with Crippen LogP contribution in [-0.4, -0.2) is 27.4 Å². The van der Waals surface area contributed by atoms with Crippen LogP contribution in [0.4, 0.5) is 18.9 Å². The lowest BCUT2D eigenvalue weighted by Crippen LogP contribution is -2.50. The van der Waals surface area contributed by atoms with E-state index in [2.05, 4.69) is 9.89 Å². The predicted octanol–water partition coefficient (Wildman–Crippen LogP) is 6.00. The molecule has 0 unspecified atom stereocenters. The van der Waals surface area contributed by atoms with E-state index in [-0.39, 0.29) is 11.2 Å². The maximum Gasteiger partial charge on any atom is 0.418 e. The number of halogens is 3. The summed E-state index contributed by atoms with van der Waals surface area (Å²) in [5.74, 6) is 0.969. The van der Waals surface area contributed by atoms with Crippen LogP contribution >= 0.6 is 11.8 Å². The third-order valence-electron chi connectivity index (χ3n) is 5.84. The van der Waals surface area contributed by atoms with Crippen molar-refractivity contribution in [3.05, 3.63) is 29.8 Å². The van der Waals surface area contributed by atoms with Crippen molar-refractivity contribution >= 4 is 22.6 Å². The van der Waals surface area contributed by atoms with Gasteiger partial charge in [0.25, 0.3) is 0 Å². The number of nitrogens with zero attached hydrogens (tertiary/aromatic N) is 2. The molecule has 1 aliphatic heterocycles. The Bertz CT molecular complexity index is 659. The molecule has 4 rings (SSSR count). The van der Waals surface area contributed by atoms with Crippen LogP contribution in [0.2, 0.25) is 0 Å². The molecule has 0 amide bonds. The van der Waals surface area contributed by atoms with E-state index in [1.807, 2.05) is 0 Å². The molecule has 2 aliphatic carbocycles. The van der Waals surface area contributed by atoms with Crippen molar-refractivity contribution in [2.75, 3.05) is 5.75 Å². The molecule has 0 atom stereocenters. The largest absolute Gasteiger partial charge is 0.418 e. The van der Waals surface area contributed by atoms with Crippen LogP contribution in [0.5, 0.6) is 0 Å². The smallest absolute Gasteiger partial charge is 0.342 e. The molecule has 1 aromatic rings. The quantitative estimate of drug-likeness (QED) is 0.636. The van der Waals surface area contributed by atoms with E-state index in [1.165, 1.54) is 37.8 Å². The maximum absolute atomic E-state index is 13.3. The number of aliphatic imine (C=N–C) groups is 1. The van der Waals surface area contributed by atoms with Crippen molar-refractivity contribution in [2.24, 2.45) is 4.99 Å². The monoisotopic (exact) mass is 368 g/mol. The van der Waals surface area contributed by atoms with Gasteiger partial charge in [0.2, 0.25) is 0 Å². The first-order chi connectivity index (χ1) is 12.0. The maximum atomic E-state index is 13.3. The van der Waals surface area contributed by atoms with Gasteiger partial charge in [0.15, 0.2) is 5.17 Å². The van der Waals surface area contributed by atoms with Gasteiger partial charge >= 0.3 is 6.18 Å². The van der Waals surface area contributed by atoms with Gasteiger partial charge in [0.05, 0.1) is 16.8 Å². The van der Waals surface area contributed by atoms with Crippen molar-refractivity contribution in [3.8, 4) is 0 Å². The molecule has 1 aromatic carbocycles. The van der Waals surface area contributed by atoms with Crippen molar-refractivity contribution in [1.82, 2.24) is 4.90 Å². The third-order valence-corrected chi connectivity index (χ3v) is 7.06. The SMILES string of the molecule is FC(F)(F)c1ccccc1/N=C1/SCC2(CCCC2)N1C1CCCC1. The van der Waals surface area contributed by atoms with Crippen LogP contribution in [0, 0.1) is 0 Å². The van der Waals surface area contributed by atoms with Crippen molar-refractivity contribution in [2.45, 2.75) is 69.1 Å². The molecule has 136 valence electrons. The van der Waals surface area contributed by atoms with Gasteiger partial charge in [-0.05, 0) is 37.8 Å². The van der Waals surface area contributed by atoms with Crippen LogP contribution < -0.4 is 0 Å². The van der Waals surface area contributed by atoms with E-state index < -0.39 is 11.7 Å². The number of alkyl halides is 3. The summed E-state index contributed by atoms with van der Waals surface area (Å²) in [5, 5.41) is 0.811. The number of benzene rings is 1. The summed E-state index contributed by atoms with van der Waals surface area (Å²) in [6.07, 6.45) is 5.08. The molecule has 3 fully saturated rings. The number of rotatable bonds is 2. The lowest BCUT2D eigenvalue weighted by molar-refractivity contribution is -0.137. The topological polar surface area (TPSA) is 15.6 Å². The second-order valence-corrected chi connectivity index (χ2v) is 8.38. The zero-order valence-electron chi connectivity index (χ0n) is 14.2. The number of thioether (sulfide) groups is 1. The Balaban J connectivity index is 1.73. The highest BCUT2D eigenvalue weighted by Crippen LogP contribution is 2.49. The first kappa shape index (κ1) is 17.3. The first-order valence-corrected chi connectivity index (χ1v) is 10.2. The molecule has 25 heavy (non-hydrogen) atoms. The Morgan fingerprint density at radius 3 is 2.40 bits per heavy atom. The Morgan fingerprint density at radius 2 is 1.72 bits per heavy atom. The number of hydrogen-bond donors (Lipinski definition) is 0. The third kappa shape index (κ3) is 3.18. The van der Waals surface area contributed by atoms with Gasteiger partial charge in [-0.15, -0.1) is 0 Å². The second kappa shape index (κ2) is 6.53. The molecule has 0 radical (unpaired) electrons. The summed E-state index contributed by atoms with van der Waals surface area (Å²) >= 11 is 1.66. The van der Waals surface area contributed by atoms with Crippen molar-refractivity contribution in [3.63, 3.8) is 0 Å². The van der Waals surface area contributed by atoms with E-state index in [9.17, 15) is 13.2 Å². The molecular weight excluding hydrogens is 345 g/mol. The van der Waals surface area contributed by atoms with Crippen molar-refractivity contribution in [1.29, 1.82) is 0 Å². The summed E-state index contributed by atoms with van der Waals surface area (Å²) in [4.78, 5) is 6.99. The van der Waals surface area contributed by atoms with Crippen LogP contribution in [-0.2, 0) is 6.18 Å². The van der Waals surface area contributed by atoms with Gasteiger partial charge < -0.3 is 4.90 Å². The fraction of sp³-hybridized carbons (Fsp3) is 0.632. The average Bonchev–Trinajstić information content (AvgIpc) is 3.30. The zero-order chi connectivity index (χ0) is 17.5. The van der Waals surface area contributed by atoms with Gasteiger partial charge in [0, 0.05) is 11.8 Å². The summed E-state index contributed by atoms with van der Waals surface area (Å²) in [6.45, 7) is 0. The van der Waals surface area contributed by atoms with Gasteiger partial charge in [-0.2, -0.15) is 13.2 Å². The van der Waals surface area contributed by atoms with Gasteiger partial charge in [-0.1, -0.05) is 49.6 Å². The Kier molecular flexibility index (Phi) is 4.50. The van der Waals surface area contributed by atoms with Gasteiger partial charge in [-0.3, -0.25) is 0 Å². The summed E-state index contributed by atoms with van der Waals surface area (Å²) in [7, 11) is 0. The average molecular weight is 368 g/mol. The van der Waals surface area contributed by atoms with Crippen LogP contribution in [0.1, 0.15) is 56.9 Å². The standard InChI is InChI=1S/C19H23F3N2S/c20-19(21,22)15-9-3-4-10-16(15)23-17-24(14-7-1-2-8-14)18(13-25-17)11-5-6-12-18/h3-4,9-10,14H,1-2,5-8,11-13H2/b23-17+. The molecule has 6 heteroatoms. The minimum absolute atomic E-state index is 0.0514. The molecule has 0 aromatic heterocycles. The summed E-state index contributed by atoms with van der Waals surface area (Å²) in [5.41, 5.74) is -0.455. The van der Waals surface area contributed by atoms with Crippen LogP contribution in [0.25, 0.3) is 0 Å². The predicted molar refractivity (Wildman–Crippen MR) is 96.3 cm³/mol. The van der Waals surface area contributed by atoms with Gasteiger partial charge in [0.1, 0.15) is 0 Å². The highest BCUT2D eigenvalue weighted by atomic mass is 32.2. The minimum Gasteiger partial charge on any atom is -0.342 e. The Hall–Kier alpha value is -1.17. The molecule has 1 spiro atoms. The van der Waals surface area contributed by atoms with Gasteiger partial charge in [-0.25, -0.2) is 4.99 Å². The molecule has 1 saturated heterocycles. The Morgan fingerprint density at radius 1 is 1.04 bits per heavy atom. The molecule has 0 N–H and O–H groups in total. The van der Waals surface area contributed by atoms with E-state index >= 15 is 0 Å². The highest BCUT2D eigenvalue weighted by molar-refractivity contribution is 8.14. The minimum atomic E-state index is -4.37. The van der Waals surface area contributed by atoms with Crippen molar-refractivity contribution < 1.29 is 13.2 Å². The van der Waals surface area contributed by atoms with Crippen LogP contribution in [0.15, 0.2) is 29.3 Å². The zero-order valence-corrected chi connectivity index (χ0v) is 15.0. The molecule has 0 bridgehead atoms. The van der Waals surface area contributed by atoms with E-state index in [1.54, 1.807) is 17.8 Å². The molecule has 1 heterocycles. The Labute approximate surface area is 150 Å². The fourth-order valence-electron chi connectivity index (χ4n) is 4.67. The molecule has 2 nitrogen and oxygen atoms in total. The summed E-state index contributed by atoms with van der Waals surface area (Å²) in [6, 6.07) is 6.14. The van der Waals surface area contributed by atoms with E-state index in [0.29, 0.717) is 6.04 Å². The van der Waals surface area contributed by atoms with E-state index in [0.717, 1.165) is 42.7 Å². The normalized spacial score (nSPS) is 25.6. The molecular formula is C19H23F3N2S. The lowest BCUT2D eigenvalue weighted by atomic mass is 9.95. The van der Waals surface area contributed by atoms with Crippen LogP contribution in [0.3, 0.4) is 0 Å². The number of amidine groups is 1. The fourth-order valence-corrected chi connectivity index (χ4v) is 6.14. The molecule has 3 aliphatic rings. The number of hydrogen-bond acceptors (Lipinski definition) is 2. The lowest BCUT2D eigenvalue weighted by Gasteiger charge is -2.40. The molecule has 2 saturated carbocycles. The van der Waals surface area contributed by atoms with E-state index in [4.69, 9.17) is 0 Å². The highest BCUT2D eigenvalue weighted by Gasteiger charge is 2.49. The second-order valence-electron chi connectivity index (χ2n) is 7.44. The first-order valence-electron chi connectivity index (χ1n) is 9.17. The summed E-state index contributed by atoms with van der Waals surface area (Å²) < 4.78 is 40.0.